The summed E-state index contributed by atoms with van der Waals surface area (Å²) in [5.41, 5.74) is -0.187. The number of likely N-dealkylation sites (tertiary alicyclic amines) is 1. The first-order chi connectivity index (χ1) is 11.1. The van der Waals surface area contributed by atoms with E-state index in [9.17, 15) is 19.1 Å². The Hall–Kier alpha value is -2.15. The van der Waals surface area contributed by atoms with Crippen LogP contribution in [0.3, 0.4) is 0 Å². The van der Waals surface area contributed by atoms with Crippen molar-refractivity contribution >= 4 is 17.7 Å². The maximum Gasteiger partial charge on any atom is 0.411 e. The number of carbonyl (C=O) groups is 2. The van der Waals surface area contributed by atoms with Crippen LogP contribution in [0, 0.1) is 5.82 Å². The van der Waals surface area contributed by atoms with Crippen LogP contribution >= 0.6 is 0 Å². The molecule has 6 nitrogen and oxygen atoms in total. The van der Waals surface area contributed by atoms with Gasteiger partial charge in [-0.3, -0.25) is 9.69 Å². The molecular weight excluding hydrogens is 315 g/mol. The monoisotopic (exact) mass is 338 g/mol. The summed E-state index contributed by atoms with van der Waals surface area (Å²) in [7, 11) is 1.55. The van der Waals surface area contributed by atoms with E-state index in [-0.39, 0.29) is 18.9 Å². The molecule has 7 heteroatoms. The van der Waals surface area contributed by atoms with Crippen molar-refractivity contribution in [3.63, 3.8) is 0 Å². The normalized spacial score (nSPS) is 20.8. The molecule has 2 rings (SSSR count). The van der Waals surface area contributed by atoms with Gasteiger partial charge in [-0.25, -0.2) is 9.18 Å². The van der Waals surface area contributed by atoms with Crippen LogP contribution in [0.1, 0.15) is 27.2 Å². The number of amides is 2. The van der Waals surface area contributed by atoms with Crippen LogP contribution in [0.15, 0.2) is 24.3 Å². The molecule has 1 heterocycles. The molecule has 1 aliphatic rings. The first-order valence-corrected chi connectivity index (χ1v) is 7.79. The highest BCUT2D eigenvalue weighted by molar-refractivity contribution is 5.98. The third-order valence-electron chi connectivity index (χ3n) is 3.74. The number of carbonyl (C=O) groups excluding carboxylic acids is 2. The quantitative estimate of drug-likeness (QED) is 0.897. The van der Waals surface area contributed by atoms with Gasteiger partial charge in [0.15, 0.2) is 0 Å². The van der Waals surface area contributed by atoms with E-state index in [1.54, 1.807) is 27.8 Å². The summed E-state index contributed by atoms with van der Waals surface area (Å²) in [5, 5.41) is 9.89. The maximum atomic E-state index is 13.0. The van der Waals surface area contributed by atoms with Crippen LogP contribution in [0.5, 0.6) is 0 Å². The van der Waals surface area contributed by atoms with Crippen molar-refractivity contribution in [1.82, 2.24) is 4.90 Å². The SMILES string of the molecule is CN(C(=O)[C@@H]1C[C@@H](O)CN1C(=O)OC(C)(C)C)c1ccc(F)cc1. The topological polar surface area (TPSA) is 70.1 Å². The molecule has 1 aromatic carbocycles. The molecular formula is C17H23FN2O4. The van der Waals surface area contributed by atoms with Gasteiger partial charge in [-0.1, -0.05) is 0 Å². The smallest absolute Gasteiger partial charge is 0.411 e. The number of hydrogen-bond acceptors (Lipinski definition) is 4. The lowest BCUT2D eigenvalue weighted by atomic mass is 10.1. The molecule has 1 fully saturated rings. The summed E-state index contributed by atoms with van der Waals surface area (Å²) in [4.78, 5) is 27.6. The second-order valence-corrected chi connectivity index (χ2v) is 6.91. The Balaban J connectivity index is 2.16. The van der Waals surface area contributed by atoms with Crippen molar-refractivity contribution in [3.8, 4) is 0 Å². The van der Waals surface area contributed by atoms with Crippen molar-refractivity contribution in [1.29, 1.82) is 0 Å². The van der Waals surface area contributed by atoms with Crippen molar-refractivity contribution < 1.29 is 23.8 Å². The highest BCUT2D eigenvalue weighted by Crippen LogP contribution is 2.24. The molecule has 0 bridgehead atoms. The first-order valence-electron chi connectivity index (χ1n) is 7.79. The average Bonchev–Trinajstić information content (AvgIpc) is 2.87. The number of rotatable bonds is 2. The van der Waals surface area contributed by atoms with Gasteiger partial charge in [0, 0.05) is 19.2 Å². The number of β-amino-alcohol motifs (C(OH)–C–C–N with tert-alkyl or cyclic N) is 1. The van der Waals surface area contributed by atoms with Crippen molar-refractivity contribution in [2.75, 3.05) is 18.5 Å². The Kier molecular flexibility index (Phi) is 5.13. The summed E-state index contributed by atoms with van der Waals surface area (Å²) in [6, 6.07) is 4.67. The molecule has 0 unspecified atom stereocenters. The van der Waals surface area contributed by atoms with Crippen molar-refractivity contribution in [3.05, 3.63) is 30.1 Å². The minimum Gasteiger partial charge on any atom is -0.444 e. The van der Waals surface area contributed by atoms with E-state index in [0.29, 0.717) is 5.69 Å². The average molecular weight is 338 g/mol. The standard InChI is InChI=1S/C17H23FN2O4/c1-17(2,3)24-16(23)20-10-13(21)9-14(20)15(22)19(4)12-7-5-11(18)6-8-12/h5-8,13-14,21H,9-10H2,1-4H3/t13-,14+/m1/s1. The van der Waals surface area contributed by atoms with E-state index in [2.05, 4.69) is 0 Å². The molecule has 0 aromatic heterocycles. The van der Waals surface area contributed by atoms with Gasteiger partial charge in [-0.05, 0) is 45.0 Å². The zero-order chi connectivity index (χ0) is 18.1. The molecule has 1 saturated heterocycles. The molecule has 0 spiro atoms. The molecule has 0 aliphatic carbocycles. The second-order valence-electron chi connectivity index (χ2n) is 6.91. The lowest BCUT2D eigenvalue weighted by Gasteiger charge is -2.30. The summed E-state index contributed by atoms with van der Waals surface area (Å²) < 4.78 is 18.3. The van der Waals surface area contributed by atoms with Gasteiger partial charge in [-0.15, -0.1) is 0 Å². The van der Waals surface area contributed by atoms with Gasteiger partial charge in [0.2, 0.25) is 5.91 Å². The van der Waals surface area contributed by atoms with Crippen LogP contribution in [-0.2, 0) is 9.53 Å². The third kappa shape index (κ3) is 4.23. The number of hydrogen-bond donors (Lipinski definition) is 1. The van der Waals surface area contributed by atoms with Crippen molar-refractivity contribution in [2.24, 2.45) is 0 Å². The number of nitrogens with zero attached hydrogens (tertiary/aromatic N) is 2. The number of aliphatic hydroxyl groups is 1. The molecule has 1 aromatic rings. The molecule has 2 amide bonds. The lowest BCUT2D eigenvalue weighted by molar-refractivity contribution is -0.122. The fraction of sp³-hybridized carbons (Fsp3) is 0.529. The Morgan fingerprint density at radius 2 is 1.88 bits per heavy atom. The molecule has 2 atom stereocenters. The largest absolute Gasteiger partial charge is 0.444 e. The number of benzene rings is 1. The van der Waals surface area contributed by atoms with E-state index in [0.717, 1.165) is 0 Å². The predicted molar refractivity (Wildman–Crippen MR) is 87.2 cm³/mol. The predicted octanol–water partition coefficient (Wildman–Crippen LogP) is 2.16. The summed E-state index contributed by atoms with van der Waals surface area (Å²) in [6.07, 6.45) is -1.28. The van der Waals surface area contributed by atoms with Crippen LogP contribution in [0.25, 0.3) is 0 Å². The fourth-order valence-corrected chi connectivity index (χ4v) is 2.59. The number of likely N-dealkylation sites (N-methyl/N-ethyl adjacent to an activating group) is 1. The highest BCUT2D eigenvalue weighted by atomic mass is 19.1. The number of ether oxygens (including phenoxy) is 1. The number of anilines is 1. The number of aliphatic hydroxyl groups excluding tert-OH is 1. The second kappa shape index (κ2) is 6.76. The fourth-order valence-electron chi connectivity index (χ4n) is 2.59. The highest BCUT2D eigenvalue weighted by Gasteiger charge is 2.42. The number of halogens is 1. The maximum absolute atomic E-state index is 13.0. The van der Waals surface area contributed by atoms with Gasteiger partial charge in [-0.2, -0.15) is 0 Å². The summed E-state index contributed by atoms with van der Waals surface area (Å²) >= 11 is 0. The minimum absolute atomic E-state index is 0.0442. The van der Waals surface area contributed by atoms with Gasteiger partial charge in [0.05, 0.1) is 12.6 Å². The van der Waals surface area contributed by atoms with E-state index in [4.69, 9.17) is 4.74 Å². The minimum atomic E-state index is -0.815. The zero-order valence-electron chi connectivity index (χ0n) is 14.3. The lowest BCUT2D eigenvalue weighted by Crippen LogP contribution is -2.48. The van der Waals surface area contributed by atoms with E-state index in [1.165, 1.54) is 34.1 Å². The van der Waals surface area contributed by atoms with E-state index < -0.39 is 29.7 Å². The van der Waals surface area contributed by atoms with Gasteiger partial charge in [0.1, 0.15) is 17.5 Å². The summed E-state index contributed by atoms with van der Waals surface area (Å²) in [5.74, 6) is -0.754. The Labute approximate surface area is 140 Å². The molecule has 132 valence electrons. The molecule has 1 N–H and O–H groups in total. The van der Waals surface area contributed by atoms with E-state index in [1.807, 2.05) is 0 Å². The molecule has 0 saturated carbocycles. The van der Waals surface area contributed by atoms with Gasteiger partial charge >= 0.3 is 6.09 Å². The van der Waals surface area contributed by atoms with E-state index >= 15 is 0 Å². The molecule has 1 aliphatic heterocycles. The first kappa shape index (κ1) is 18.2. The third-order valence-corrected chi connectivity index (χ3v) is 3.74. The van der Waals surface area contributed by atoms with Crippen LogP contribution in [0.2, 0.25) is 0 Å². The van der Waals surface area contributed by atoms with Crippen LogP contribution in [-0.4, -0.2) is 53.3 Å². The van der Waals surface area contributed by atoms with Crippen LogP contribution < -0.4 is 4.90 Å². The zero-order valence-corrected chi connectivity index (χ0v) is 14.3. The van der Waals surface area contributed by atoms with Gasteiger partial charge < -0.3 is 14.7 Å². The molecule has 24 heavy (non-hydrogen) atoms. The Morgan fingerprint density at radius 3 is 2.42 bits per heavy atom. The Morgan fingerprint density at radius 1 is 1.29 bits per heavy atom. The Bertz CT molecular complexity index is 612. The van der Waals surface area contributed by atoms with Gasteiger partial charge in [0.25, 0.3) is 0 Å². The van der Waals surface area contributed by atoms with Crippen LogP contribution in [0.4, 0.5) is 14.9 Å². The summed E-state index contributed by atoms with van der Waals surface area (Å²) in [6.45, 7) is 5.25. The van der Waals surface area contributed by atoms with Crippen molar-refractivity contribution in [2.45, 2.75) is 44.9 Å². The molecule has 0 radical (unpaired) electrons.